The van der Waals surface area contributed by atoms with Crippen LogP contribution in [0.3, 0.4) is 0 Å². The van der Waals surface area contributed by atoms with Crippen LogP contribution in [0.4, 0.5) is 0 Å². The summed E-state index contributed by atoms with van der Waals surface area (Å²) in [7, 11) is 1.66. The van der Waals surface area contributed by atoms with E-state index in [1.807, 2.05) is 0 Å². The Morgan fingerprint density at radius 2 is 1.95 bits per heavy atom. The zero-order valence-corrected chi connectivity index (χ0v) is 11.9. The van der Waals surface area contributed by atoms with Crippen LogP contribution in [0.15, 0.2) is 12.2 Å². The second-order valence-corrected chi connectivity index (χ2v) is 5.41. The molecule has 19 heavy (non-hydrogen) atoms. The molecule has 0 saturated heterocycles. The van der Waals surface area contributed by atoms with E-state index >= 15 is 0 Å². The molecule has 1 fully saturated rings. The highest BCUT2D eigenvalue weighted by Gasteiger charge is 2.28. The monoisotopic (exact) mass is 268 g/mol. The molecule has 0 N–H and O–H groups in total. The number of esters is 1. The number of ether oxygens (including phenoxy) is 2. The van der Waals surface area contributed by atoms with Crippen LogP contribution in [0.2, 0.25) is 0 Å². The molecule has 0 aromatic heterocycles. The van der Waals surface area contributed by atoms with Crippen LogP contribution < -0.4 is 0 Å². The van der Waals surface area contributed by atoms with E-state index < -0.39 is 0 Å². The van der Waals surface area contributed by atoms with E-state index in [-0.39, 0.29) is 17.8 Å². The predicted octanol–water partition coefficient (Wildman–Crippen LogP) is 2.37. The van der Waals surface area contributed by atoms with Crippen molar-refractivity contribution in [2.45, 2.75) is 32.6 Å². The summed E-state index contributed by atoms with van der Waals surface area (Å²) >= 11 is 0. The molecule has 1 unspecified atom stereocenters. The lowest BCUT2D eigenvalue weighted by molar-refractivity contribution is -0.141. The summed E-state index contributed by atoms with van der Waals surface area (Å²) < 4.78 is 10.5. The third-order valence-corrected chi connectivity index (χ3v) is 3.83. The van der Waals surface area contributed by atoms with Gasteiger partial charge < -0.3 is 14.3 Å². The summed E-state index contributed by atoms with van der Waals surface area (Å²) in [6, 6.07) is 0. The molecule has 4 nitrogen and oxygen atoms in total. The Kier molecular flexibility index (Phi) is 6.78. The number of hydrogen-bond donors (Lipinski definition) is 0. The fourth-order valence-corrected chi connectivity index (χ4v) is 2.59. The van der Waals surface area contributed by atoms with Crippen LogP contribution >= 0.6 is 0 Å². The van der Waals surface area contributed by atoms with Gasteiger partial charge >= 0.3 is 5.97 Å². The fraction of sp³-hybridized carbons (Fsp3) is 0.733. The Morgan fingerprint density at radius 1 is 1.32 bits per heavy atom. The van der Waals surface area contributed by atoms with Crippen LogP contribution in [0.25, 0.3) is 0 Å². The van der Waals surface area contributed by atoms with Crippen LogP contribution in [-0.4, -0.2) is 32.6 Å². The molecule has 0 radical (unpaired) electrons. The third-order valence-electron chi connectivity index (χ3n) is 3.83. The Morgan fingerprint density at radius 3 is 2.42 bits per heavy atom. The van der Waals surface area contributed by atoms with Gasteiger partial charge in [-0.15, -0.1) is 0 Å². The molecule has 0 amide bonds. The van der Waals surface area contributed by atoms with Crippen molar-refractivity contribution in [2.24, 2.45) is 17.8 Å². The number of methoxy groups -OCH3 is 1. The first kappa shape index (κ1) is 15.9. The minimum absolute atomic E-state index is 0.206. The zero-order valence-electron chi connectivity index (χ0n) is 11.9. The first-order chi connectivity index (χ1) is 9.08. The van der Waals surface area contributed by atoms with Crippen molar-refractivity contribution < 1.29 is 19.1 Å². The molecule has 1 atom stereocenters. The molecular weight excluding hydrogens is 244 g/mol. The SMILES string of the molecule is C=C(C)C(=O)OCC(COC)C1CCC(C=O)CC1. The topological polar surface area (TPSA) is 52.6 Å². The lowest BCUT2D eigenvalue weighted by atomic mass is 9.76. The van der Waals surface area contributed by atoms with Crippen molar-refractivity contribution in [1.29, 1.82) is 0 Å². The summed E-state index contributed by atoms with van der Waals surface area (Å²) in [5, 5.41) is 0. The molecule has 4 heteroatoms. The Hall–Kier alpha value is -1.16. The smallest absolute Gasteiger partial charge is 0.333 e. The Labute approximate surface area is 115 Å². The second kappa shape index (κ2) is 8.10. The maximum atomic E-state index is 11.4. The standard InChI is InChI=1S/C15H24O4/c1-11(2)15(17)19-10-14(9-18-3)13-6-4-12(8-16)5-7-13/h8,12-14H,1,4-7,9-10H2,2-3H3. The maximum Gasteiger partial charge on any atom is 0.333 e. The molecule has 1 aliphatic rings. The van der Waals surface area contributed by atoms with Crippen LogP contribution in [0.1, 0.15) is 32.6 Å². The summed E-state index contributed by atoms with van der Waals surface area (Å²) in [5.74, 6) is 0.537. The normalized spacial score (nSPS) is 24.5. The minimum Gasteiger partial charge on any atom is -0.462 e. The van der Waals surface area contributed by atoms with E-state index in [1.54, 1.807) is 14.0 Å². The van der Waals surface area contributed by atoms with Crippen molar-refractivity contribution in [3.63, 3.8) is 0 Å². The second-order valence-electron chi connectivity index (χ2n) is 5.41. The number of carbonyl (C=O) groups excluding carboxylic acids is 2. The highest BCUT2D eigenvalue weighted by molar-refractivity contribution is 5.86. The van der Waals surface area contributed by atoms with E-state index in [2.05, 4.69) is 6.58 Å². The van der Waals surface area contributed by atoms with Crippen LogP contribution in [-0.2, 0) is 19.1 Å². The van der Waals surface area contributed by atoms with E-state index in [1.165, 1.54) is 0 Å². The highest BCUT2D eigenvalue weighted by atomic mass is 16.5. The van der Waals surface area contributed by atoms with Crippen molar-refractivity contribution in [3.05, 3.63) is 12.2 Å². The van der Waals surface area contributed by atoms with E-state index in [0.29, 0.717) is 24.7 Å². The van der Waals surface area contributed by atoms with Crippen molar-refractivity contribution in [1.82, 2.24) is 0 Å². The molecule has 1 rings (SSSR count). The van der Waals surface area contributed by atoms with Crippen molar-refractivity contribution in [2.75, 3.05) is 20.3 Å². The Bertz CT molecular complexity index is 316. The third kappa shape index (κ3) is 5.15. The van der Waals surface area contributed by atoms with Gasteiger partial charge in [0.2, 0.25) is 0 Å². The predicted molar refractivity (Wildman–Crippen MR) is 72.7 cm³/mol. The van der Waals surface area contributed by atoms with Gasteiger partial charge in [-0.1, -0.05) is 6.58 Å². The molecule has 0 heterocycles. The van der Waals surface area contributed by atoms with Crippen molar-refractivity contribution in [3.8, 4) is 0 Å². The number of aldehydes is 1. The molecule has 1 aliphatic carbocycles. The number of rotatable bonds is 7. The maximum absolute atomic E-state index is 11.4. The summed E-state index contributed by atoms with van der Waals surface area (Å²) in [6.07, 6.45) is 4.93. The van der Waals surface area contributed by atoms with E-state index in [4.69, 9.17) is 9.47 Å². The van der Waals surface area contributed by atoms with Gasteiger partial charge in [-0.05, 0) is 38.5 Å². The molecule has 0 aromatic rings. The Balaban J connectivity index is 2.46. The van der Waals surface area contributed by atoms with Gasteiger partial charge in [0.05, 0.1) is 13.2 Å². The van der Waals surface area contributed by atoms with Gasteiger partial charge in [-0.2, -0.15) is 0 Å². The van der Waals surface area contributed by atoms with Gasteiger partial charge in [0.25, 0.3) is 0 Å². The average Bonchev–Trinajstić information content (AvgIpc) is 2.43. The van der Waals surface area contributed by atoms with E-state index in [9.17, 15) is 9.59 Å². The fourth-order valence-electron chi connectivity index (χ4n) is 2.59. The van der Waals surface area contributed by atoms with Crippen LogP contribution in [0.5, 0.6) is 0 Å². The van der Waals surface area contributed by atoms with Gasteiger partial charge in [0.1, 0.15) is 6.29 Å². The summed E-state index contributed by atoms with van der Waals surface area (Å²) in [5.41, 5.74) is 0.417. The molecule has 0 bridgehead atoms. The molecule has 0 spiro atoms. The van der Waals surface area contributed by atoms with Gasteiger partial charge in [-0.3, -0.25) is 0 Å². The first-order valence-corrected chi connectivity index (χ1v) is 6.85. The summed E-state index contributed by atoms with van der Waals surface area (Å²) in [4.78, 5) is 22.2. The highest BCUT2D eigenvalue weighted by Crippen LogP contribution is 2.33. The average molecular weight is 268 g/mol. The zero-order chi connectivity index (χ0) is 14.3. The lowest BCUT2D eigenvalue weighted by Crippen LogP contribution is -2.29. The molecule has 0 aliphatic heterocycles. The largest absolute Gasteiger partial charge is 0.462 e. The van der Waals surface area contributed by atoms with Crippen molar-refractivity contribution >= 4 is 12.3 Å². The van der Waals surface area contributed by atoms with Gasteiger partial charge in [0, 0.05) is 24.5 Å². The van der Waals surface area contributed by atoms with Gasteiger partial charge in [-0.25, -0.2) is 4.79 Å². The number of hydrogen-bond acceptors (Lipinski definition) is 4. The molecular formula is C15H24O4. The molecule has 108 valence electrons. The van der Waals surface area contributed by atoms with E-state index in [0.717, 1.165) is 32.0 Å². The minimum atomic E-state index is -0.345. The quantitative estimate of drug-likeness (QED) is 0.404. The number of carbonyl (C=O) groups is 2. The lowest BCUT2D eigenvalue weighted by Gasteiger charge is -2.31. The van der Waals surface area contributed by atoms with Crippen LogP contribution in [0, 0.1) is 17.8 Å². The first-order valence-electron chi connectivity index (χ1n) is 6.85. The molecule has 0 aromatic carbocycles. The summed E-state index contributed by atoms with van der Waals surface area (Å²) in [6.45, 7) is 6.16. The van der Waals surface area contributed by atoms with Gasteiger partial charge in [0.15, 0.2) is 0 Å². The molecule has 1 saturated carbocycles.